The van der Waals surface area contributed by atoms with Crippen molar-refractivity contribution in [3.8, 4) is 0 Å². The van der Waals surface area contributed by atoms with Gasteiger partial charge in [0.1, 0.15) is 23.1 Å². The zero-order valence-electron chi connectivity index (χ0n) is 17.4. The number of aryl methyl sites for hydroxylation is 2. The molecule has 0 aromatic carbocycles. The molecule has 8 nitrogen and oxygen atoms in total. The van der Waals surface area contributed by atoms with Crippen LogP contribution in [0.15, 0.2) is 46.7 Å². The number of Topliss-reactive ketones (excluding diaryl/α,β-unsaturated/α-hetero) is 1. The lowest BCUT2D eigenvalue weighted by Crippen LogP contribution is -2.35. The van der Waals surface area contributed by atoms with Crippen LogP contribution in [-0.4, -0.2) is 63.2 Å². The number of furan rings is 1. The SMILES string of the molecule is Cc1nc2c(C)cccn2c1/C(O)=C1\C(=O)C(=O)N(CCN(C)C)[C@@H]1c1ccco1. The molecule has 8 heteroatoms. The Morgan fingerprint density at radius 2 is 2.00 bits per heavy atom. The summed E-state index contributed by atoms with van der Waals surface area (Å²) < 4.78 is 7.30. The number of hydrogen-bond donors (Lipinski definition) is 1. The number of hydrogen-bond acceptors (Lipinski definition) is 6. The number of imidazole rings is 1. The van der Waals surface area contributed by atoms with E-state index in [1.54, 1.807) is 29.7 Å². The maximum Gasteiger partial charge on any atom is 0.295 e. The van der Waals surface area contributed by atoms with Crippen LogP contribution in [-0.2, 0) is 9.59 Å². The predicted octanol–water partition coefficient (Wildman–Crippen LogP) is 2.53. The molecule has 0 spiro atoms. The summed E-state index contributed by atoms with van der Waals surface area (Å²) in [5, 5.41) is 11.3. The number of amides is 1. The molecule has 1 aliphatic heterocycles. The number of aliphatic hydroxyl groups excluding tert-OH is 1. The fraction of sp³-hybridized carbons (Fsp3) is 0.318. The Hall–Kier alpha value is -3.39. The number of fused-ring (bicyclic) bond motifs is 1. The van der Waals surface area contributed by atoms with E-state index >= 15 is 0 Å². The first kappa shape index (κ1) is 19.9. The van der Waals surface area contributed by atoms with Crippen LogP contribution in [0.5, 0.6) is 0 Å². The Morgan fingerprint density at radius 1 is 1.23 bits per heavy atom. The molecule has 1 fully saturated rings. The van der Waals surface area contributed by atoms with Gasteiger partial charge in [0.25, 0.3) is 11.7 Å². The van der Waals surface area contributed by atoms with Crippen LogP contribution in [0.4, 0.5) is 0 Å². The highest BCUT2D eigenvalue weighted by Crippen LogP contribution is 2.40. The summed E-state index contributed by atoms with van der Waals surface area (Å²) in [4.78, 5) is 33.8. The smallest absolute Gasteiger partial charge is 0.295 e. The quantitative estimate of drug-likeness (QED) is 0.396. The Kier molecular flexibility index (Phi) is 4.95. The molecule has 0 aliphatic carbocycles. The van der Waals surface area contributed by atoms with Gasteiger partial charge in [-0.05, 0) is 51.7 Å². The summed E-state index contributed by atoms with van der Waals surface area (Å²) in [6, 6.07) is 6.38. The van der Waals surface area contributed by atoms with Crippen molar-refractivity contribution in [3.05, 3.63) is 65.0 Å². The first-order valence-electron chi connectivity index (χ1n) is 9.72. The van der Waals surface area contributed by atoms with Gasteiger partial charge in [0.05, 0.1) is 17.5 Å². The number of likely N-dealkylation sites (tertiary alicyclic amines) is 1. The number of carbonyl (C=O) groups excluding carboxylic acids is 2. The molecule has 1 aliphatic rings. The van der Waals surface area contributed by atoms with Crippen LogP contribution in [0.25, 0.3) is 11.4 Å². The molecule has 0 radical (unpaired) electrons. The van der Waals surface area contributed by atoms with E-state index in [9.17, 15) is 14.7 Å². The zero-order chi connectivity index (χ0) is 21.6. The average molecular weight is 408 g/mol. The summed E-state index contributed by atoms with van der Waals surface area (Å²) in [7, 11) is 3.78. The third-order valence-electron chi connectivity index (χ3n) is 5.38. The van der Waals surface area contributed by atoms with E-state index in [1.807, 2.05) is 38.1 Å². The number of ketones is 1. The normalized spacial score (nSPS) is 18.8. The minimum Gasteiger partial charge on any atom is -0.505 e. The number of nitrogens with zero attached hydrogens (tertiary/aromatic N) is 4. The van der Waals surface area contributed by atoms with Crippen LogP contribution >= 0.6 is 0 Å². The van der Waals surface area contributed by atoms with Crippen molar-refractivity contribution in [2.24, 2.45) is 0 Å². The van der Waals surface area contributed by atoms with Crippen molar-refractivity contribution in [3.63, 3.8) is 0 Å². The molecule has 156 valence electrons. The second kappa shape index (κ2) is 7.46. The molecule has 30 heavy (non-hydrogen) atoms. The third-order valence-corrected chi connectivity index (χ3v) is 5.38. The highest BCUT2D eigenvalue weighted by Gasteiger charge is 2.47. The maximum absolute atomic E-state index is 13.0. The monoisotopic (exact) mass is 408 g/mol. The van der Waals surface area contributed by atoms with Crippen LogP contribution < -0.4 is 0 Å². The van der Waals surface area contributed by atoms with Gasteiger partial charge in [-0.1, -0.05) is 6.07 Å². The zero-order valence-corrected chi connectivity index (χ0v) is 17.4. The van der Waals surface area contributed by atoms with Gasteiger partial charge >= 0.3 is 0 Å². The first-order valence-corrected chi connectivity index (χ1v) is 9.72. The van der Waals surface area contributed by atoms with Crippen LogP contribution in [0, 0.1) is 13.8 Å². The van der Waals surface area contributed by atoms with E-state index in [-0.39, 0.29) is 11.3 Å². The molecule has 4 rings (SSSR count). The number of aromatic nitrogens is 2. The molecule has 3 aromatic rings. The fourth-order valence-electron chi connectivity index (χ4n) is 3.89. The van der Waals surface area contributed by atoms with Gasteiger partial charge in [0.15, 0.2) is 5.76 Å². The number of aliphatic hydroxyl groups is 1. The number of likely N-dealkylation sites (N-methyl/N-ethyl adjacent to an activating group) is 1. The van der Waals surface area contributed by atoms with Crippen molar-refractivity contribution in [1.29, 1.82) is 0 Å². The molecule has 0 saturated carbocycles. The van der Waals surface area contributed by atoms with E-state index in [1.165, 1.54) is 11.2 Å². The van der Waals surface area contributed by atoms with Gasteiger partial charge in [-0.3, -0.25) is 14.0 Å². The summed E-state index contributed by atoms with van der Waals surface area (Å²) in [5.74, 6) is -1.20. The Labute approximate surface area is 174 Å². The summed E-state index contributed by atoms with van der Waals surface area (Å²) >= 11 is 0. The minimum atomic E-state index is -0.797. The lowest BCUT2D eigenvalue weighted by molar-refractivity contribution is -0.140. The molecule has 1 N–H and O–H groups in total. The van der Waals surface area contributed by atoms with Gasteiger partial charge in [-0.15, -0.1) is 0 Å². The van der Waals surface area contributed by atoms with E-state index in [0.29, 0.717) is 35.9 Å². The number of carbonyl (C=O) groups is 2. The lowest BCUT2D eigenvalue weighted by atomic mass is 10.0. The van der Waals surface area contributed by atoms with Gasteiger partial charge in [0.2, 0.25) is 0 Å². The van der Waals surface area contributed by atoms with Gasteiger partial charge in [-0.2, -0.15) is 0 Å². The Bertz CT molecular complexity index is 1160. The van der Waals surface area contributed by atoms with Crippen molar-refractivity contribution in [2.45, 2.75) is 19.9 Å². The Balaban J connectivity index is 1.92. The number of pyridine rings is 1. The van der Waals surface area contributed by atoms with Crippen LogP contribution in [0.1, 0.15) is 28.8 Å². The topological polar surface area (TPSA) is 91.3 Å². The predicted molar refractivity (Wildman–Crippen MR) is 111 cm³/mol. The van der Waals surface area contributed by atoms with Crippen LogP contribution in [0.3, 0.4) is 0 Å². The summed E-state index contributed by atoms with van der Waals surface area (Å²) in [5.41, 5.74) is 2.61. The second-order valence-corrected chi connectivity index (χ2v) is 7.74. The van der Waals surface area contributed by atoms with Crippen LogP contribution in [0.2, 0.25) is 0 Å². The van der Waals surface area contributed by atoms with Gasteiger partial charge in [-0.25, -0.2) is 4.98 Å². The molecule has 1 atom stereocenters. The van der Waals surface area contributed by atoms with Crippen molar-refractivity contribution in [2.75, 3.05) is 27.2 Å². The van der Waals surface area contributed by atoms with E-state index in [0.717, 1.165) is 5.56 Å². The molecular weight excluding hydrogens is 384 g/mol. The maximum atomic E-state index is 13.0. The van der Waals surface area contributed by atoms with Crippen molar-refractivity contribution >= 4 is 23.1 Å². The van der Waals surface area contributed by atoms with E-state index in [2.05, 4.69) is 4.98 Å². The largest absolute Gasteiger partial charge is 0.505 e. The van der Waals surface area contributed by atoms with E-state index < -0.39 is 17.7 Å². The highest BCUT2D eigenvalue weighted by molar-refractivity contribution is 6.46. The molecule has 0 bridgehead atoms. The first-order chi connectivity index (χ1) is 14.3. The number of rotatable bonds is 5. The lowest BCUT2D eigenvalue weighted by Gasteiger charge is -2.24. The van der Waals surface area contributed by atoms with Crippen molar-refractivity contribution in [1.82, 2.24) is 19.2 Å². The van der Waals surface area contributed by atoms with E-state index in [4.69, 9.17) is 4.42 Å². The molecular formula is C22H24N4O4. The molecule has 3 aromatic heterocycles. The summed E-state index contributed by atoms with van der Waals surface area (Å²) in [6.07, 6.45) is 3.27. The average Bonchev–Trinajstić information content (AvgIpc) is 3.38. The third kappa shape index (κ3) is 3.09. The molecule has 1 amide bonds. The molecule has 4 heterocycles. The standard InChI is InChI=1S/C22H24N4O4/c1-13-7-5-9-25-17(14(2)23-21(13)25)19(27)16-18(15-8-6-12-30-15)26(11-10-24(3)4)22(29)20(16)28/h5-9,12,18,27H,10-11H2,1-4H3/b19-16+/t18-/m1/s1. The summed E-state index contributed by atoms with van der Waals surface area (Å²) in [6.45, 7) is 4.59. The fourth-order valence-corrected chi connectivity index (χ4v) is 3.89. The Morgan fingerprint density at radius 3 is 2.67 bits per heavy atom. The van der Waals surface area contributed by atoms with Gasteiger partial charge < -0.3 is 19.3 Å². The minimum absolute atomic E-state index is 0.0140. The highest BCUT2D eigenvalue weighted by atomic mass is 16.3. The van der Waals surface area contributed by atoms with Gasteiger partial charge in [0, 0.05) is 19.3 Å². The molecule has 0 unspecified atom stereocenters. The second-order valence-electron chi connectivity index (χ2n) is 7.74. The van der Waals surface area contributed by atoms with Crippen molar-refractivity contribution < 1.29 is 19.1 Å². The molecule has 1 saturated heterocycles.